The molecule has 0 fully saturated rings. The van der Waals surface area contributed by atoms with Crippen molar-refractivity contribution in [3.8, 4) is 5.75 Å². The van der Waals surface area contributed by atoms with Crippen LogP contribution in [0.3, 0.4) is 0 Å². The fourth-order valence-corrected chi connectivity index (χ4v) is 1.71. The molecule has 72 valence electrons. The zero-order valence-corrected chi connectivity index (χ0v) is 8.80. The average Bonchev–Trinajstić information content (AvgIpc) is 2.19. The zero-order valence-electron chi connectivity index (χ0n) is 8.04. The molecule has 0 unspecified atom stereocenters. The van der Waals surface area contributed by atoms with E-state index in [2.05, 4.69) is 4.98 Å². The number of rotatable bonds is 1. The van der Waals surface area contributed by atoms with Crippen molar-refractivity contribution in [1.29, 1.82) is 0 Å². The normalized spacial score (nSPS) is 10.5. The van der Waals surface area contributed by atoms with Gasteiger partial charge in [0.1, 0.15) is 10.9 Å². The molecule has 2 rings (SSSR count). The van der Waals surface area contributed by atoms with Gasteiger partial charge in [0.25, 0.3) is 0 Å². The van der Waals surface area contributed by atoms with E-state index in [0.29, 0.717) is 5.15 Å². The summed E-state index contributed by atoms with van der Waals surface area (Å²) >= 11 is 5.97. The van der Waals surface area contributed by atoms with E-state index >= 15 is 0 Å². The first-order valence-electron chi connectivity index (χ1n) is 4.31. The standard InChI is InChI=1S/C11H10ClNO/c1-7-5-9-8(6-10(7)14-2)3-4-13-11(9)12/h3-6H,1-2H3. The van der Waals surface area contributed by atoms with Crippen molar-refractivity contribution >= 4 is 22.4 Å². The molecule has 0 radical (unpaired) electrons. The number of methoxy groups -OCH3 is 1. The molecule has 0 bridgehead atoms. The molecule has 0 spiro atoms. The van der Waals surface area contributed by atoms with Crippen LogP contribution < -0.4 is 4.74 Å². The van der Waals surface area contributed by atoms with Crippen LogP contribution in [0.2, 0.25) is 5.15 Å². The van der Waals surface area contributed by atoms with Gasteiger partial charge in [-0.1, -0.05) is 11.6 Å². The third kappa shape index (κ3) is 1.42. The van der Waals surface area contributed by atoms with E-state index < -0.39 is 0 Å². The van der Waals surface area contributed by atoms with Crippen LogP contribution in [0, 0.1) is 6.92 Å². The molecular weight excluding hydrogens is 198 g/mol. The van der Waals surface area contributed by atoms with Crippen molar-refractivity contribution < 1.29 is 4.74 Å². The summed E-state index contributed by atoms with van der Waals surface area (Å²) in [5.74, 6) is 0.875. The lowest BCUT2D eigenvalue weighted by Gasteiger charge is -2.06. The lowest BCUT2D eigenvalue weighted by atomic mass is 10.1. The minimum absolute atomic E-state index is 0.535. The number of pyridine rings is 1. The quantitative estimate of drug-likeness (QED) is 0.670. The highest BCUT2D eigenvalue weighted by Crippen LogP contribution is 2.28. The molecule has 0 aliphatic carbocycles. The third-order valence-corrected chi connectivity index (χ3v) is 2.53. The average molecular weight is 208 g/mol. The molecular formula is C11H10ClNO. The second kappa shape index (κ2) is 3.46. The van der Waals surface area contributed by atoms with Gasteiger partial charge in [-0.2, -0.15) is 0 Å². The number of benzene rings is 1. The molecule has 0 atom stereocenters. The number of nitrogens with zero attached hydrogens (tertiary/aromatic N) is 1. The van der Waals surface area contributed by atoms with Gasteiger partial charge >= 0.3 is 0 Å². The first kappa shape index (κ1) is 9.28. The molecule has 3 heteroatoms. The van der Waals surface area contributed by atoms with Gasteiger partial charge in [-0.3, -0.25) is 0 Å². The van der Waals surface area contributed by atoms with E-state index in [9.17, 15) is 0 Å². The Morgan fingerprint density at radius 1 is 1.36 bits per heavy atom. The minimum atomic E-state index is 0.535. The van der Waals surface area contributed by atoms with Gasteiger partial charge < -0.3 is 4.74 Å². The van der Waals surface area contributed by atoms with Crippen LogP contribution in [-0.2, 0) is 0 Å². The summed E-state index contributed by atoms with van der Waals surface area (Å²) in [5, 5.41) is 2.55. The number of aromatic nitrogens is 1. The predicted molar refractivity (Wildman–Crippen MR) is 58.0 cm³/mol. The van der Waals surface area contributed by atoms with Gasteiger partial charge in [-0.05, 0) is 36.1 Å². The summed E-state index contributed by atoms with van der Waals surface area (Å²) in [4.78, 5) is 4.03. The van der Waals surface area contributed by atoms with Crippen LogP contribution in [-0.4, -0.2) is 12.1 Å². The fraction of sp³-hybridized carbons (Fsp3) is 0.182. The van der Waals surface area contributed by atoms with E-state index in [-0.39, 0.29) is 0 Å². The van der Waals surface area contributed by atoms with E-state index in [0.717, 1.165) is 22.1 Å². The number of ether oxygens (including phenoxy) is 1. The Morgan fingerprint density at radius 2 is 2.14 bits per heavy atom. The number of halogens is 1. The Balaban J connectivity index is 2.79. The van der Waals surface area contributed by atoms with Crippen molar-refractivity contribution in [2.75, 3.05) is 7.11 Å². The van der Waals surface area contributed by atoms with Crippen LogP contribution in [0.5, 0.6) is 5.75 Å². The number of aryl methyl sites for hydroxylation is 1. The third-order valence-electron chi connectivity index (χ3n) is 2.23. The molecule has 1 aromatic heterocycles. The monoisotopic (exact) mass is 207 g/mol. The van der Waals surface area contributed by atoms with Crippen LogP contribution >= 0.6 is 11.6 Å². The van der Waals surface area contributed by atoms with Crippen LogP contribution in [0.25, 0.3) is 10.8 Å². The first-order chi connectivity index (χ1) is 6.72. The Kier molecular flexibility index (Phi) is 2.30. The van der Waals surface area contributed by atoms with Crippen LogP contribution in [0.15, 0.2) is 24.4 Å². The van der Waals surface area contributed by atoms with Crippen molar-refractivity contribution in [2.24, 2.45) is 0 Å². The summed E-state index contributed by atoms with van der Waals surface area (Å²) in [6, 6.07) is 5.88. The lowest BCUT2D eigenvalue weighted by Crippen LogP contribution is -1.88. The van der Waals surface area contributed by atoms with Crippen LogP contribution in [0.1, 0.15) is 5.56 Å². The maximum atomic E-state index is 5.97. The Morgan fingerprint density at radius 3 is 2.86 bits per heavy atom. The first-order valence-corrected chi connectivity index (χ1v) is 4.69. The highest BCUT2D eigenvalue weighted by atomic mass is 35.5. The van der Waals surface area contributed by atoms with E-state index in [1.165, 1.54) is 0 Å². The summed E-state index contributed by atoms with van der Waals surface area (Å²) in [7, 11) is 1.66. The topological polar surface area (TPSA) is 22.1 Å². The number of hydrogen-bond acceptors (Lipinski definition) is 2. The van der Waals surface area contributed by atoms with Gasteiger partial charge in [0.05, 0.1) is 7.11 Å². The SMILES string of the molecule is COc1cc2ccnc(Cl)c2cc1C. The Hall–Kier alpha value is -1.28. The molecule has 0 N–H and O–H groups in total. The summed E-state index contributed by atoms with van der Waals surface area (Å²) in [6.45, 7) is 1.99. The van der Waals surface area contributed by atoms with E-state index in [4.69, 9.17) is 16.3 Å². The molecule has 0 saturated carbocycles. The molecule has 0 saturated heterocycles. The largest absolute Gasteiger partial charge is 0.496 e. The van der Waals surface area contributed by atoms with Crippen LogP contribution in [0.4, 0.5) is 0 Å². The van der Waals surface area contributed by atoms with Crippen molar-refractivity contribution in [2.45, 2.75) is 6.92 Å². The molecule has 2 nitrogen and oxygen atoms in total. The fourth-order valence-electron chi connectivity index (χ4n) is 1.49. The molecule has 0 amide bonds. The summed E-state index contributed by atoms with van der Waals surface area (Å²) in [5.41, 5.74) is 1.06. The Labute approximate surface area is 87.5 Å². The number of fused-ring (bicyclic) bond motifs is 1. The minimum Gasteiger partial charge on any atom is -0.496 e. The van der Waals surface area contributed by atoms with Crippen molar-refractivity contribution in [3.05, 3.63) is 35.1 Å². The molecule has 0 aliphatic rings. The smallest absolute Gasteiger partial charge is 0.136 e. The van der Waals surface area contributed by atoms with Gasteiger partial charge in [-0.25, -0.2) is 4.98 Å². The maximum Gasteiger partial charge on any atom is 0.136 e. The molecule has 1 heterocycles. The molecule has 2 aromatic rings. The van der Waals surface area contributed by atoms with Crippen molar-refractivity contribution in [3.63, 3.8) is 0 Å². The second-order valence-electron chi connectivity index (χ2n) is 3.14. The second-order valence-corrected chi connectivity index (χ2v) is 3.50. The van der Waals surface area contributed by atoms with E-state index in [1.54, 1.807) is 13.3 Å². The highest BCUT2D eigenvalue weighted by Gasteiger charge is 2.04. The highest BCUT2D eigenvalue weighted by molar-refractivity contribution is 6.34. The zero-order chi connectivity index (χ0) is 10.1. The van der Waals surface area contributed by atoms with Gasteiger partial charge in [0.15, 0.2) is 0 Å². The van der Waals surface area contributed by atoms with Gasteiger partial charge in [0, 0.05) is 11.6 Å². The van der Waals surface area contributed by atoms with Crippen molar-refractivity contribution in [1.82, 2.24) is 4.98 Å². The lowest BCUT2D eigenvalue weighted by molar-refractivity contribution is 0.412. The maximum absolute atomic E-state index is 5.97. The summed E-state index contributed by atoms with van der Waals surface area (Å²) in [6.07, 6.45) is 1.69. The molecule has 0 aliphatic heterocycles. The van der Waals surface area contributed by atoms with E-state index in [1.807, 2.05) is 25.1 Å². The molecule has 14 heavy (non-hydrogen) atoms. The summed E-state index contributed by atoms with van der Waals surface area (Å²) < 4.78 is 5.23. The van der Waals surface area contributed by atoms with Gasteiger partial charge in [0.2, 0.25) is 0 Å². The predicted octanol–water partition coefficient (Wildman–Crippen LogP) is 3.21. The number of hydrogen-bond donors (Lipinski definition) is 0. The Bertz CT molecular complexity index is 482. The van der Waals surface area contributed by atoms with Gasteiger partial charge in [-0.15, -0.1) is 0 Å². The molecule has 1 aromatic carbocycles.